The Morgan fingerprint density at radius 2 is 1.94 bits per heavy atom. The lowest BCUT2D eigenvalue weighted by atomic mass is 9.99. The maximum atomic E-state index is 12.0. The number of thiophene rings is 1. The van der Waals surface area contributed by atoms with Gasteiger partial charge in [0, 0.05) is 17.7 Å². The number of benzene rings is 1. The predicted molar refractivity (Wildman–Crippen MR) is 80.4 cm³/mol. The fourth-order valence-corrected chi connectivity index (χ4v) is 3.42. The molecule has 2 rings (SSSR count). The Morgan fingerprint density at radius 3 is 2.61 bits per heavy atom. The SMILES string of the molecule is Cc1ccc(C)c(CC(=O)Cc2ccc(Br)s2)c1. The first-order valence-corrected chi connectivity index (χ1v) is 7.47. The molecule has 1 aromatic carbocycles. The summed E-state index contributed by atoms with van der Waals surface area (Å²) in [6, 6.07) is 10.3. The van der Waals surface area contributed by atoms with Gasteiger partial charge in [0.2, 0.25) is 0 Å². The van der Waals surface area contributed by atoms with Crippen molar-refractivity contribution < 1.29 is 4.79 Å². The second kappa shape index (κ2) is 5.81. The van der Waals surface area contributed by atoms with Crippen molar-refractivity contribution >= 4 is 33.0 Å². The number of halogens is 1. The van der Waals surface area contributed by atoms with E-state index >= 15 is 0 Å². The summed E-state index contributed by atoms with van der Waals surface area (Å²) in [6.45, 7) is 4.12. The van der Waals surface area contributed by atoms with E-state index in [-0.39, 0.29) is 5.78 Å². The number of rotatable bonds is 4. The van der Waals surface area contributed by atoms with Crippen LogP contribution in [0.2, 0.25) is 0 Å². The summed E-state index contributed by atoms with van der Waals surface area (Å²) in [5.41, 5.74) is 3.55. The number of carbonyl (C=O) groups is 1. The molecule has 0 aliphatic carbocycles. The van der Waals surface area contributed by atoms with E-state index in [1.54, 1.807) is 11.3 Å². The number of aryl methyl sites for hydroxylation is 2. The number of hydrogen-bond donors (Lipinski definition) is 0. The Balaban J connectivity index is 2.05. The van der Waals surface area contributed by atoms with Crippen molar-refractivity contribution in [2.45, 2.75) is 26.7 Å². The second-order valence-corrected chi connectivity index (χ2v) is 7.08. The highest BCUT2D eigenvalue weighted by molar-refractivity contribution is 9.11. The van der Waals surface area contributed by atoms with Crippen LogP contribution in [0.15, 0.2) is 34.1 Å². The minimum Gasteiger partial charge on any atom is -0.299 e. The van der Waals surface area contributed by atoms with Gasteiger partial charge in [-0.2, -0.15) is 0 Å². The third-order valence-electron chi connectivity index (χ3n) is 2.89. The zero-order valence-corrected chi connectivity index (χ0v) is 12.9. The molecule has 0 radical (unpaired) electrons. The molecular weight excluding hydrogens is 308 g/mol. The van der Waals surface area contributed by atoms with Gasteiger partial charge in [-0.25, -0.2) is 0 Å². The number of Topliss-reactive ketones (excluding diaryl/α,β-unsaturated/α-hetero) is 1. The smallest absolute Gasteiger partial charge is 0.142 e. The molecule has 1 nitrogen and oxygen atoms in total. The number of carbonyl (C=O) groups excluding carboxylic acids is 1. The first kappa shape index (κ1) is 13.5. The highest BCUT2D eigenvalue weighted by atomic mass is 79.9. The fraction of sp³-hybridized carbons (Fsp3) is 0.267. The molecule has 0 aliphatic heterocycles. The van der Waals surface area contributed by atoms with Crippen molar-refractivity contribution in [3.05, 3.63) is 55.7 Å². The Kier molecular flexibility index (Phi) is 4.36. The van der Waals surface area contributed by atoms with E-state index in [9.17, 15) is 4.79 Å². The molecule has 0 saturated carbocycles. The summed E-state index contributed by atoms with van der Waals surface area (Å²) in [5, 5.41) is 0. The first-order chi connectivity index (χ1) is 8.54. The van der Waals surface area contributed by atoms with E-state index in [0.29, 0.717) is 12.8 Å². The lowest BCUT2D eigenvalue weighted by Gasteiger charge is -2.06. The molecule has 0 fully saturated rings. The molecule has 0 amide bonds. The van der Waals surface area contributed by atoms with E-state index in [1.165, 1.54) is 11.1 Å². The molecule has 94 valence electrons. The number of ketones is 1. The van der Waals surface area contributed by atoms with Crippen molar-refractivity contribution in [3.8, 4) is 0 Å². The fourth-order valence-electron chi connectivity index (χ4n) is 1.91. The molecule has 0 spiro atoms. The summed E-state index contributed by atoms with van der Waals surface area (Å²) >= 11 is 5.05. The largest absolute Gasteiger partial charge is 0.299 e. The quantitative estimate of drug-likeness (QED) is 0.811. The van der Waals surface area contributed by atoms with Gasteiger partial charge in [0.1, 0.15) is 5.78 Å². The average molecular weight is 323 g/mol. The Hall–Kier alpha value is -0.930. The van der Waals surface area contributed by atoms with Crippen LogP contribution in [0.25, 0.3) is 0 Å². The molecule has 0 atom stereocenters. The van der Waals surface area contributed by atoms with Crippen molar-refractivity contribution in [2.24, 2.45) is 0 Å². The minimum absolute atomic E-state index is 0.276. The Morgan fingerprint density at radius 1 is 1.17 bits per heavy atom. The van der Waals surface area contributed by atoms with E-state index < -0.39 is 0 Å². The number of hydrogen-bond acceptors (Lipinski definition) is 2. The van der Waals surface area contributed by atoms with Crippen LogP contribution in [0.4, 0.5) is 0 Å². The van der Waals surface area contributed by atoms with Crippen molar-refractivity contribution in [3.63, 3.8) is 0 Å². The van der Waals surface area contributed by atoms with Gasteiger partial charge >= 0.3 is 0 Å². The second-order valence-electron chi connectivity index (χ2n) is 4.53. The van der Waals surface area contributed by atoms with Crippen molar-refractivity contribution in [1.29, 1.82) is 0 Å². The summed E-state index contributed by atoms with van der Waals surface area (Å²) in [6.07, 6.45) is 1.06. The maximum absolute atomic E-state index is 12.0. The van der Waals surface area contributed by atoms with Crippen LogP contribution < -0.4 is 0 Å². The Bertz CT molecular complexity index is 572. The Labute approximate surface area is 120 Å². The minimum atomic E-state index is 0.276. The summed E-state index contributed by atoms with van der Waals surface area (Å²) in [5.74, 6) is 0.276. The zero-order chi connectivity index (χ0) is 13.1. The topological polar surface area (TPSA) is 17.1 Å². The first-order valence-electron chi connectivity index (χ1n) is 5.86. The molecule has 0 bridgehead atoms. The van der Waals surface area contributed by atoms with Gasteiger partial charge in [-0.05, 0) is 53.0 Å². The van der Waals surface area contributed by atoms with E-state index in [1.807, 2.05) is 12.1 Å². The van der Waals surface area contributed by atoms with E-state index in [0.717, 1.165) is 14.2 Å². The highest BCUT2D eigenvalue weighted by Gasteiger charge is 2.09. The summed E-state index contributed by atoms with van der Waals surface area (Å²) in [4.78, 5) is 13.2. The lowest BCUT2D eigenvalue weighted by Crippen LogP contribution is -2.06. The van der Waals surface area contributed by atoms with Crippen LogP contribution in [0.5, 0.6) is 0 Å². The monoisotopic (exact) mass is 322 g/mol. The van der Waals surface area contributed by atoms with Gasteiger partial charge < -0.3 is 0 Å². The normalized spacial score (nSPS) is 10.6. The van der Waals surface area contributed by atoms with Gasteiger partial charge in [0.15, 0.2) is 0 Å². The maximum Gasteiger partial charge on any atom is 0.142 e. The summed E-state index contributed by atoms with van der Waals surface area (Å²) in [7, 11) is 0. The van der Waals surface area contributed by atoms with Gasteiger partial charge in [-0.15, -0.1) is 11.3 Å². The van der Waals surface area contributed by atoms with Crippen LogP contribution in [0.1, 0.15) is 21.6 Å². The van der Waals surface area contributed by atoms with Crippen LogP contribution in [0.3, 0.4) is 0 Å². The van der Waals surface area contributed by atoms with E-state index in [4.69, 9.17) is 0 Å². The third kappa shape index (κ3) is 3.53. The van der Waals surface area contributed by atoms with Gasteiger partial charge in [0.05, 0.1) is 3.79 Å². The van der Waals surface area contributed by atoms with Crippen LogP contribution in [0, 0.1) is 13.8 Å². The molecular formula is C15H15BrOS. The standard InChI is InChI=1S/C15H15BrOS/c1-10-3-4-11(2)12(7-10)8-13(17)9-14-5-6-15(16)18-14/h3-7H,8-9H2,1-2H3. The lowest BCUT2D eigenvalue weighted by molar-refractivity contribution is -0.117. The van der Waals surface area contributed by atoms with E-state index in [2.05, 4.69) is 48.0 Å². The van der Waals surface area contributed by atoms with Gasteiger partial charge in [-0.3, -0.25) is 4.79 Å². The van der Waals surface area contributed by atoms with Gasteiger partial charge in [-0.1, -0.05) is 23.8 Å². The molecule has 18 heavy (non-hydrogen) atoms. The zero-order valence-electron chi connectivity index (χ0n) is 10.5. The average Bonchev–Trinajstić information content (AvgIpc) is 2.69. The highest BCUT2D eigenvalue weighted by Crippen LogP contribution is 2.23. The molecule has 0 aliphatic rings. The van der Waals surface area contributed by atoms with Gasteiger partial charge in [0.25, 0.3) is 0 Å². The van der Waals surface area contributed by atoms with Crippen LogP contribution in [-0.4, -0.2) is 5.78 Å². The third-order valence-corrected chi connectivity index (χ3v) is 4.52. The van der Waals surface area contributed by atoms with Crippen molar-refractivity contribution in [1.82, 2.24) is 0 Å². The van der Waals surface area contributed by atoms with Crippen molar-refractivity contribution in [2.75, 3.05) is 0 Å². The molecule has 2 aromatic rings. The molecule has 3 heteroatoms. The molecule has 0 saturated heterocycles. The summed E-state index contributed by atoms with van der Waals surface area (Å²) < 4.78 is 1.08. The molecule has 0 unspecified atom stereocenters. The predicted octanol–water partition coefficient (Wildman–Crippen LogP) is 4.48. The van der Waals surface area contributed by atoms with Crippen LogP contribution >= 0.6 is 27.3 Å². The molecule has 0 N–H and O–H groups in total. The molecule has 1 aromatic heterocycles. The van der Waals surface area contributed by atoms with Crippen LogP contribution in [-0.2, 0) is 17.6 Å². The molecule has 1 heterocycles.